The molecule has 0 aromatic rings. The number of rotatable bonds is 62. The normalized spacial score (nSPS) is 27.0. The predicted octanol–water partition coefficient (Wildman–Crippen LogP) is 12.8. The number of carbonyl (C=O) groups is 1. The summed E-state index contributed by atoms with van der Waals surface area (Å²) in [7, 11) is 0. The van der Waals surface area contributed by atoms with Crippen LogP contribution in [0.4, 0.5) is 0 Å². The van der Waals surface area contributed by atoms with E-state index in [1.165, 1.54) is 180 Å². The number of carbonyl (C=O) groups excluding carboxylic acids is 1. The third kappa shape index (κ3) is 40.9. The quantitative estimate of drug-likeness (QED) is 0.0199. The summed E-state index contributed by atoms with van der Waals surface area (Å²) in [5, 5.41) is 121. The van der Waals surface area contributed by atoms with Gasteiger partial charge >= 0.3 is 0 Å². The highest BCUT2D eigenvalue weighted by molar-refractivity contribution is 5.76. The zero-order chi connectivity index (χ0) is 71.8. The number of hydrogen-bond acceptors (Lipinski definition) is 18. The number of ether oxygens (including phenoxy) is 6. The molecule has 3 rings (SSSR count). The first-order valence-electron chi connectivity index (χ1n) is 39.7. The minimum atomic E-state index is -1.98. The van der Waals surface area contributed by atoms with Crippen LogP contribution in [0.3, 0.4) is 0 Å². The van der Waals surface area contributed by atoms with E-state index in [0.717, 1.165) is 89.9 Å². The summed E-state index contributed by atoms with van der Waals surface area (Å²) in [6.45, 7) is 1.65. The summed E-state index contributed by atoms with van der Waals surface area (Å²) in [4.78, 5) is 13.5. The lowest BCUT2D eigenvalue weighted by Crippen LogP contribution is -2.66. The van der Waals surface area contributed by atoms with Crippen molar-refractivity contribution in [1.82, 2.24) is 5.32 Å². The summed E-state index contributed by atoms with van der Waals surface area (Å²) in [5.74, 6) is -0.281. The van der Waals surface area contributed by atoms with E-state index in [2.05, 4.69) is 79.9 Å². The average molecular weight is 1410 g/mol. The standard InChI is InChI=1S/C80H143NO18/c1-3-5-7-9-11-13-15-17-19-21-23-25-27-29-30-31-32-34-35-37-39-41-43-45-47-49-51-53-55-57-64(85)63(81-68(86)58-56-54-52-50-48-46-44-42-40-38-36-33-28-26-24-22-20-18-16-14-12-10-8-6-4-2)62-94-78-74(92)71(89)76(66(60-83)96-78)99-80-75(93)72(90)77(67(61-84)97-80)98-79-73(91)70(88)69(87)65(59-82)95-79/h6,8,12,14,18,20,24,26,33,36,55,57,63-67,69-80,82-85,87-93H,3-5,7,9-11,13,15-17,19,21-23,25,27-32,34-35,37-54,56,58-62H2,1-2H3,(H,81,86)/b8-6-,14-12-,20-18-,26-24-,36-33-,57-55+. The summed E-state index contributed by atoms with van der Waals surface area (Å²) in [6.07, 6.45) is 51.6. The number of nitrogens with one attached hydrogen (secondary N) is 1. The molecule has 0 aliphatic carbocycles. The topological polar surface area (TPSA) is 307 Å². The molecule has 17 unspecified atom stereocenters. The molecule has 576 valence electrons. The van der Waals surface area contributed by atoms with Gasteiger partial charge in [-0.05, 0) is 64.2 Å². The monoisotopic (exact) mass is 1410 g/mol. The van der Waals surface area contributed by atoms with Crippen LogP contribution in [-0.4, -0.2) is 193 Å². The Bertz CT molecular complexity index is 2070. The Balaban J connectivity index is 1.39. The highest BCUT2D eigenvalue weighted by atomic mass is 16.8. The van der Waals surface area contributed by atoms with Crippen LogP contribution in [0.5, 0.6) is 0 Å². The SMILES string of the molecule is CC/C=C\C/C=C\C/C=C\C/C=C\C/C=C\CCCCCCCCCCCC(=O)NC(COC1OC(CO)C(OC2OC(CO)C(OC3OC(CO)C(O)C(O)C3O)C(O)C2O)C(O)C1O)C(O)/C=C/CCCCCCCCCCCCCCCCCCCCCCCCCCCCC. The van der Waals surface area contributed by atoms with E-state index >= 15 is 0 Å². The third-order valence-corrected chi connectivity index (χ3v) is 19.5. The molecule has 3 heterocycles. The van der Waals surface area contributed by atoms with Crippen LogP contribution < -0.4 is 5.32 Å². The molecule has 3 aliphatic rings. The van der Waals surface area contributed by atoms with E-state index in [-0.39, 0.29) is 18.9 Å². The van der Waals surface area contributed by atoms with Crippen molar-refractivity contribution in [2.24, 2.45) is 0 Å². The van der Waals surface area contributed by atoms with Gasteiger partial charge in [0, 0.05) is 6.42 Å². The smallest absolute Gasteiger partial charge is 0.220 e. The van der Waals surface area contributed by atoms with Gasteiger partial charge in [-0.25, -0.2) is 0 Å². The Kier molecular flexibility index (Phi) is 55.3. The van der Waals surface area contributed by atoms with E-state index in [1.807, 2.05) is 6.08 Å². The van der Waals surface area contributed by atoms with Gasteiger partial charge in [0.15, 0.2) is 18.9 Å². The van der Waals surface area contributed by atoms with E-state index in [1.54, 1.807) is 6.08 Å². The lowest BCUT2D eigenvalue weighted by molar-refractivity contribution is -0.379. The van der Waals surface area contributed by atoms with Gasteiger partial charge in [-0.1, -0.05) is 299 Å². The fourth-order valence-electron chi connectivity index (χ4n) is 13.2. The molecule has 19 nitrogen and oxygen atoms in total. The fourth-order valence-corrected chi connectivity index (χ4v) is 13.2. The Morgan fingerprint density at radius 1 is 0.374 bits per heavy atom. The molecule has 0 spiro atoms. The molecule has 3 saturated heterocycles. The lowest BCUT2D eigenvalue weighted by atomic mass is 9.96. The Labute approximate surface area is 598 Å². The molecule has 3 aliphatic heterocycles. The molecule has 0 aromatic heterocycles. The molecule has 3 fully saturated rings. The highest BCUT2D eigenvalue weighted by Gasteiger charge is 2.53. The van der Waals surface area contributed by atoms with Crippen LogP contribution >= 0.6 is 0 Å². The summed E-state index contributed by atoms with van der Waals surface area (Å²) < 4.78 is 34.4. The van der Waals surface area contributed by atoms with Crippen molar-refractivity contribution in [3.63, 3.8) is 0 Å². The zero-order valence-electron chi connectivity index (χ0n) is 61.5. The van der Waals surface area contributed by atoms with Crippen molar-refractivity contribution in [3.05, 3.63) is 72.9 Å². The van der Waals surface area contributed by atoms with Crippen molar-refractivity contribution in [3.8, 4) is 0 Å². The van der Waals surface area contributed by atoms with Crippen molar-refractivity contribution in [2.75, 3.05) is 26.4 Å². The third-order valence-electron chi connectivity index (χ3n) is 19.5. The first-order valence-corrected chi connectivity index (χ1v) is 39.7. The lowest BCUT2D eigenvalue weighted by Gasteiger charge is -2.48. The van der Waals surface area contributed by atoms with Crippen LogP contribution in [0.1, 0.15) is 296 Å². The highest BCUT2D eigenvalue weighted by Crippen LogP contribution is 2.33. The largest absolute Gasteiger partial charge is 0.394 e. The Hall–Kier alpha value is -2.77. The summed E-state index contributed by atoms with van der Waals surface area (Å²) in [5.41, 5.74) is 0. The molecule has 12 N–H and O–H groups in total. The molecule has 0 saturated carbocycles. The first kappa shape index (κ1) is 90.4. The second-order valence-corrected chi connectivity index (χ2v) is 28.1. The summed E-state index contributed by atoms with van der Waals surface area (Å²) >= 11 is 0. The molecule has 19 heteroatoms. The Morgan fingerprint density at radius 2 is 0.697 bits per heavy atom. The van der Waals surface area contributed by atoms with Crippen LogP contribution in [0, 0.1) is 0 Å². The second-order valence-electron chi connectivity index (χ2n) is 28.1. The molecular formula is C80H143NO18. The van der Waals surface area contributed by atoms with Crippen LogP contribution in [0.25, 0.3) is 0 Å². The van der Waals surface area contributed by atoms with Gasteiger partial charge in [0.2, 0.25) is 5.91 Å². The van der Waals surface area contributed by atoms with Gasteiger partial charge in [-0.2, -0.15) is 0 Å². The average Bonchev–Trinajstić information content (AvgIpc) is 0.755. The number of allylic oxidation sites excluding steroid dienone is 11. The molecule has 0 radical (unpaired) electrons. The number of aliphatic hydroxyl groups excluding tert-OH is 11. The van der Waals surface area contributed by atoms with Gasteiger partial charge in [0.25, 0.3) is 0 Å². The number of amides is 1. The maximum Gasteiger partial charge on any atom is 0.220 e. The molecule has 99 heavy (non-hydrogen) atoms. The van der Waals surface area contributed by atoms with Crippen molar-refractivity contribution < 1.29 is 89.4 Å². The van der Waals surface area contributed by atoms with Gasteiger partial charge in [-0.15, -0.1) is 0 Å². The van der Waals surface area contributed by atoms with Gasteiger partial charge in [0.05, 0.1) is 38.6 Å². The van der Waals surface area contributed by atoms with Gasteiger partial charge in [0.1, 0.15) is 73.2 Å². The van der Waals surface area contributed by atoms with E-state index in [0.29, 0.717) is 6.42 Å². The van der Waals surface area contributed by atoms with Crippen LogP contribution in [-0.2, 0) is 33.2 Å². The predicted molar refractivity (Wildman–Crippen MR) is 392 cm³/mol. The second kappa shape index (κ2) is 60.5. The maximum absolute atomic E-state index is 13.5. The Morgan fingerprint density at radius 3 is 1.09 bits per heavy atom. The maximum atomic E-state index is 13.5. The van der Waals surface area contributed by atoms with Gasteiger partial charge < -0.3 is 89.9 Å². The molecule has 17 atom stereocenters. The molecule has 0 bridgehead atoms. The minimum absolute atomic E-state index is 0.233. The number of unbranched alkanes of at least 4 members (excludes halogenated alkanes) is 36. The van der Waals surface area contributed by atoms with Crippen molar-refractivity contribution >= 4 is 5.91 Å². The molecule has 1 amide bonds. The molecule has 0 aromatic carbocycles. The van der Waals surface area contributed by atoms with Crippen LogP contribution in [0.2, 0.25) is 0 Å². The van der Waals surface area contributed by atoms with E-state index < -0.39 is 124 Å². The minimum Gasteiger partial charge on any atom is -0.394 e. The van der Waals surface area contributed by atoms with E-state index in [4.69, 9.17) is 28.4 Å². The first-order chi connectivity index (χ1) is 48.3. The molecular weight excluding hydrogens is 1260 g/mol. The number of aliphatic hydroxyl groups is 11. The summed E-state index contributed by atoms with van der Waals surface area (Å²) in [6, 6.07) is -0.983. The van der Waals surface area contributed by atoms with Gasteiger partial charge in [-0.3, -0.25) is 4.79 Å². The van der Waals surface area contributed by atoms with Crippen molar-refractivity contribution in [1.29, 1.82) is 0 Å². The zero-order valence-corrected chi connectivity index (χ0v) is 61.5. The number of hydrogen-bond donors (Lipinski definition) is 12. The fraction of sp³-hybridized carbons (Fsp3) is 0.838. The van der Waals surface area contributed by atoms with Crippen molar-refractivity contribution in [2.45, 2.75) is 401 Å². The van der Waals surface area contributed by atoms with E-state index in [9.17, 15) is 61.0 Å². The van der Waals surface area contributed by atoms with Crippen LogP contribution in [0.15, 0.2) is 72.9 Å².